The van der Waals surface area contributed by atoms with Crippen LogP contribution in [0.1, 0.15) is 21.7 Å². The molecule has 0 bridgehead atoms. The van der Waals surface area contributed by atoms with Crippen molar-refractivity contribution in [3.05, 3.63) is 34.5 Å². The number of aryl methyl sites for hydroxylation is 1. The van der Waals surface area contributed by atoms with Crippen molar-refractivity contribution in [1.29, 1.82) is 0 Å². The Hall–Kier alpha value is -1.60. The molecule has 0 saturated carbocycles. The molecule has 1 aliphatic heterocycles. The number of thiophene rings is 1. The van der Waals surface area contributed by atoms with E-state index in [-0.39, 0.29) is 24.2 Å². The van der Waals surface area contributed by atoms with Crippen molar-refractivity contribution < 1.29 is 19.1 Å². The van der Waals surface area contributed by atoms with E-state index in [1.54, 1.807) is 22.7 Å². The van der Waals surface area contributed by atoms with E-state index in [4.69, 9.17) is 5.11 Å². The maximum absolute atomic E-state index is 13.4. The highest BCUT2D eigenvalue weighted by Gasteiger charge is 2.31. The molecule has 1 unspecified atom stereocenters. The van der Waals surface area contributed by atoms with Crippen LogP contribution in [-0.4, -0.2) is 46.0 Å². The van der Waals surface area contributed by atoms with Gasteiger partial charge in [0.05, 0.1) is 17.3 Å². The number of aliphatic carboxylic acids is 1. The molecule has 0 aliphatic carbocycles. The van der Waals surface area contributed by atoms with Gasteiger partial charge in [0.25, 0.3) is 5.91 Å². The molecule has 1 fully saturated rings. The van der Waals surface area contributed by atoms with Crippen LogP contribution in [0.15, 0.2) is 18.2 Å². The number of halogens is 1. The number of carboxylic acid groups (broad SMARTS) is 1. The minimum absolute atomic E-state index is 0.0443. The van der Waals surface area contributed by atoms with E-state index >= 15 is 0 Å². The van der Waals surface area contributed by atoms with Crippen molar-refractivity contribution in [3.63, 3.8) is 0 Å². The largest absolute Gasteiger partial charge is 0.481 e. The van der Waals surface area contributed by atoms with E-state index in [0.717, 1.165) is 21.4 Å². The predicted molar refractivity (Wildman–Crippen MR) is 90.9 cm³/mol. The highest BCUT2D eigenvalue weighted by molar-refractivity contribution is 7.99. The number of hydrogen-bond acceptors (Lipinski definition) is 4. The van der Waals surface area contributed by atoms with Gasteiger partial charge in [0.1, 0.15) is 5.82 Å². The lowest BCUT2D eigenvalue weighted by Gasteiger charge is -2.34. The number of nitrogens with zero attached hydrogens (tertiary/aromatic N) is 1. The van der Waals surface area contributed by atoms with Crippen LogP contribution in [-0.2, 0) is 4.79 Å². The standard InChI is InChI=1S/C16H16FNO3S2/c1-9-12-3-2-10(17)6-13(12)23-15(9)16(21)18-4-5-22-8-11(18)7-14(19)20/h2-3,6,11H,4-5,7-8H2,1H3,(H,19,20). The van der Waals surface area contributed by atoms with Crippen molar-refractivity contribution in [2.24, 2.45) is 0 Å². The molecule has 2 heterocycles. The van der Waals surface area contributed by atoms with Crippen LogP contribution in [0.2, 0.25) is 0 Å². The van der Waals surface area contributed by atoms with E-state index in [0.29, 0.717) is 17.2 Å². The molecular formula is C16H16FNO3S2. The third-order valence-electron chi connectivity index (χ3n) is 3.99. The van der Waals surface area contributed by atoms with Crippen molar-refractivity contribution >= 4 is 45.1 Å². The van der Waals surface area contributed by atoms with Gasteiger partial charge < -0.3 is 10.0 Å². The van der Waals surface area contributed by atoms with E-state index in [1.807, 2.05) is 6.92 Å². The summed E-state index contributed by atoms with van der Waals surface area (Å²) in [6.07, 6.45) is -0.0443. The number of amides is 1. The zero-order valence-corrected chi connectivity index (χ0v) is 14.2. The summed E-state index contributed by atoms with van der Waals surface area (Å²) in [6.45, 7) is 2.40. The average Bonchev–Trinajstić information content (AvgIpc) is 2.83. The SMILES string of the molecule is Cc1c(C(=O)N2CCSCC2CC(=O)O)sc2cc(F)ccc12. The molecule has 1 aliphatic rings. The summed E-state index contributed by atoms with van der Waals surface area (Å²) in [5, 5.41) is 9.92. The first-order valence-electron chi connectivity index (χ1n) is 7.26. The maximum Gasteiger partial charge on any atom is 0.305 e. The molecule has 4 nitrogen and oxygen atoms in total. The van der Waals surface area contributed by atoms with Gasteiger partial charge in [0.15, 0.2) is 0 Å². The highest BCUT2D eigenvalue weighted by Crippen LogP contribution is 2.33. The minimum atomic E-state index is -0.898. The molecule has 0 spiro atoms. The third kappa shape index (κ3) is 3.21. The fourth-order valence-electron chi connectivity index (χ4n) is 2.83. The molecule has 1 saturated heterocycles. The Labute approximate surface area is 141 Å². The summed E-state index contributed by atoms with van der Waals surface area (Å²) in [5.41, 5.74) is 0.835. The summed E-state index contributed by atoms with van der Waals surface area (Å²) in [5.74, 6) is 0.0776. The monoisotopic (exact) mass is 353 g/mol. The molecule has 2 aromatic rings. The van der Waals surface area contributed by atoms with Gasteiger partial charge in [0, 0.05) is 22.8 Å². The molecule has 1 N–H and O–H groups in total. The molecule has 1 aromatic carbocycles. The van der Waals surface area contributed by atoms with Gasteiger partial charge >= 0.3 is 5.97 Å². The second-order valence-electron chi connectivity index (χ2n) is 5.52. The average molecular weight is 353 g/mol. The van der Waals surface area contributed by atoms with Gasteiger partial charge in [-0.05, 0) is 30.0 Å². The van der Waals surface area contributed by atoms with Gasteiger partial charge in [-0.15, -0.1) is 11.3 Å². The molecule has 1 amide bonds. The van der Waals surface area contributed by atoms with Crippen LogP contribution >= 0.6 is 23.1 Å². The van der Waals surface area contributed by atoms with Crippen molar-refractivity contribution in [2.45, 2.75) is 19.4 Å². The summed E-state index contributed by atoms with van der Waals surface area (Å²) in [7, 11) is 0. The van der Waals surface area contributed by atoms with Crippen molar-refractivity contribution in [1.82, 2.24) is 4.90 Å². The third-order valence-corrected chi connectivity index (χ3v) is 6.33. The van der Waals surface area contributed by atoms with E-state index < -0.39 is 5.97 Å². The van der Waals surface area contributed by atoms with Gasteiger partial charge in [-0.1, -0.05) is 6.07 Å². The van der Waals surface area contributed by atoms with Crippen LogP contribution in [0.4, 0.5) is 4.39 Å². The number of fused-ring (bicyclic) bond motifs is 1. The number of carboxylic acids is 1. The normalized spacial score (nSPS) is 18.3. The van der Waals surface area contributed by atoms with Gasteiger partial charge in [-0.25, -0.2) is 4.39 Å². The lowest BCUT2D eigenvalue weighted by atomic mass is 10.1. The number of benzene rings is 1. The number of carbonyl (C=O) groups excluding carboxylic acids is 1. The van der Waals surface area contributed by atoms with E-state index in [2.05, 4.69) is 0 Å². The lowest BCUT2D eigenvalue weighted by molar-refractivity contribution is -0.138. The fourth-order valence-corrected chi connectivity index (χ4v) is 5.08. The molecule has 122 valence electrons. The van der Waals surface area contributed by atoms with Crippen molar-refractivity contribution in [2.75, 3.05) is 18.1 Å². The van der Waals surface area contributed by atoms with Crippen molar-refractivity contribution in [3.8, 4) is 0 Å². The second-order valence-corrected chi connectivity index (χ2v) is 7.72. The zero-order chi connectivity index (χ0) is 16.6. The molecule has 3 rings (SSSR count). The van der Waals surface area contributed by atoms with Crippen LogP contribution in [0.3, 0.4) is 0 Å². The molecule has 1 aromatic heterocycles. The van der Waals surface area contributed by atoms with Gasteiger partial charge in [-0.3, -0.25) is 9.59 Å². The molecule has 1 atom stereocenters. The van der Waals surface area contributed by atoms with E-state index in [1.165, 1.54) is 23.5 Å². The van der Waals surface area contributed by atoms with Crippen LogP contribution < -0.4 is 0 Å². The topological polar surface area (TPSA) is 57.6 Å². The minimum Gasteiger partial charge on any atom is -0.481 e. The molecule has 0 radical (unpaired) electrons. The summed E-state index contributed by atoms with van der Waals surface area (Å²) in [6, 6.07) is 4.22. The Kier molecular flexibility index (Phi) is 4.59. The summed E-state index contributed by atoms with van der Waals surface area (Å²) < 4.78 is 14.1. The number of thioether (sulfide) groups is 1. The smallest absolute Gasteiger partial charge is 0.305 e. The summed E-state index contributed by atoms with van der Waals surface area (Å²) >= 11 is 2.94. The Morgan fingerprint density at radius 2 is 2.22 bits per heavy atom. The second kappa shape index (κ2) is 6.49. The Bertz CT molecular complexity index is 774. The maximum atomic E-state index is 13.4. The highest BCUT2D eigenvalue weighted by atomic mass is 32.2. The first-order valence-corrected chi connectivity index (χ1v) is 9.23. The first kappa shape index (κ1) is 16.3. The fraction of sp³-hybridized carbons (Fsp3) is 0.375. The number of carbonyl (C=O) groups is 2. The van der Waals surface area contributed by atoms with Gasteiger partial charge in [0.2, 0.25) is 0 Å². The number of hydrogen-bond donors (Lipinski definition) is 1. The Morgan fingerprint density at radius 1 is 1.43 bits per heavy atom. The molecular weight excluding hydrogens is 337 g/mol. The molecule has 23 heavy (non-hydrogen) atoms. The van der Waals surface area contributed by atoms with Crippen LogP contribution in [0, 0.1) is 12.7 Å². The molecule has 7 heteroatoms. The van der Waals surface area contributed by atoms with Crippen LogP contribution in [0.5, 0.6) is 0 Å². The summed E-state index contributed by atoms with van der Waals surface area (Å²) in [4.78, 5) is 26.2. The Morgan fingerprint density at radius 3 is 2.96 bits per heavy atom. The lowest BCUT2D eigenvalue weighted by Crippen LogP contribution is -2.47. The first-order chi connectivity index (χ1) is 11.0. The van der Waals surface area contributed by atoms with E-state index in [9.17, 15) is 14.0 Å². The number of rotatable bonds is 3. The Balaban J connectivity index is 1.95. The van der Waals surface area contributed by atoms with Gasteiger partial charge in [-0.2, -0.15) is 11.8 Å². The van der Waals surface area contributed by atoms with Crippen LogP contribution in [0.25, 0.3) is 10.1 Å². The zero-order valence-electron chi connectivity index (χ0n) is 12.5. The predicted octanol–water partition coefficient (Wildman–Crippen LogP) is 3.38. The quantitative estimate of drug-likeness (QED) is 0.919.